The Morgan fingerprint density at radius 2 is 1.85 bits per heavy atom. The number of benzene rings is 1. The molecule has 3 heteroatoms. The Bertz CT molecular complexity index is 510. The summed E-state index contributed by atoms with van der Waals surface area (Å²) in [5.74, 6) is -0.864. The number of aliphatic carboxylic acids is 1. The molecule has 0 aliphatic carbocycles. The van der Waals surface area contributed by atoms with Gasteiger partial charge in [0.25, 0.3) is 0 Å². The van der Waals surface area contributed by atoms with Gasteiger partial charge in [0.2, 0.25) is 0 Å². The van der Waals surface area contributed by atoms with Crippen molar-refractivity contribution in [1.82, 2.24) is 4.90 Å². The molecule has 2 unspecified atom stereocenters. The quantitative estimate of drug-likeness (QED) is 0.920. The summed E-state index contributed by atoms with van der Waals surface area (Å²) < 4.78 is 0. The van der Waals surface area contributed by atoms with Crippen molar-refractivity contribution < 1.29 is 9.90 Å². The lowest BCUT2D eigenvalue weighted by molar-refractivity contribution is -0.144. The number of carboxylic acids is 1. The predicted molar refractivity (Wildman–Crippen MR) is 80.9 cm³/mol. The number of hydrogen-bond donors (Lipinski definition) is 1. The summed E-state index contributed by atoms with van der Waals surface area (Å²) in [4.78, 5) is 13.5. The van der Waals surface area contributed by atoms with E-state index in [0.29, 0.717) is 12.6 Å². The second-order valence-corrected chi connectivity index (χ2v) is 6.25. The average Bonchev–Trinajstić information content (AvgIpc) is 2.38. The summed E-state index contributed by atoms with van der Waals surface area (Å²) in [7, 11) is 0. The van der Waals surface area contributed by atoms with E-state index in [4.69, 9.17) is 0 Å². The van der Waals surface area contributed by atoms with Gasteiger partial charge in [-0.15, -0.1) is 0 Å². The molecule has 1 aliphatic heterocycles. The van der Waals surface area contributed by atoms with Crippen LogP contribution in [0, 0.1) is 26.7 Å². The van der Waals surface area contributed by atoms with Gasteiger partial charge >= 0.3 is 5.97 Å². The van der Waals surface area contributed by atoms with Crippen LogP contribution < -0.4 is 0 Å². The predicted octanol–water partition coefficient (Wildman–Crippen LogP) is 3.30. The number of carboxylic acid groups (broad SMARTS) is 1. The summed E-state index contributed by atoms with van der Waals surface area (Å²) in [6.07, 6.45) is 1.78. The second-order valence-electron chi connectivity index (χ2n) is 6.25. The molecule has 0 amide bonds. The van der Waals surface area contributed by atoms with Crippen molar-refractivity contribution in [2.24, 2.45) is 5.92 Å². The molecule has 20 heavy (non-hydrogen) atoms. The Balaban J connectivity index is 2.15. The summed E-state index contributed by atoms with van der Waals surface area (Å²) in [5.41, 5.74) is 5.26. The fourth-order valence-electron chi connectivity index (χ4n) is 3.01. The number of rotatable bonds is 3. The van der Waals surface area contributed by atoms with E-state index in [1.807, 2.05) is 0 Å². The lowest BCUT2D eigenvalue weighted by Gasteiger charge is -2.36. The van der Waals surface area contributed by atoms with Gasteiger partial charge < -0.3 is 5.11 Å². The van der Waals surface area contributed by atoms with E-state index in [0.717, 1.165) is 19.4 Å². The lowest BCUT2D eigenvalue weighted by Crippen LogP contribution is -2.43. The molecule has 2 atom stereocenters. The number of hydrogen-bond acceptors (Lipinski definition) is 2. The molecular formula is C17H25NO2. The summed E-state index contributed by atoms with van der Waals surface area (Å²) in [6.45, 7) is 10.1. The second kappa shape index (κ2) is 5.96. The molecule has 1 aliphatic rings. The summed E-state index contributed by atoms with van der Waals surface area (Å²) in [5, 5.41) is 9.22. The monoisotopic (exact) mass is 275 g/mol. The van der Waals surface area contributed by atoms with Crippen molar-refractivity contribution >= 4 is 5.97 Å². The molecule has 1 N–H and O–H groups in total. The maximum atomic E-state index is 11.2. The highest BCUT2D eigenvalue weighted by molar-refractivity contribution is 5.70. The molecule has 0 aromatic heterocycles. The third-order valence-corrected chi connectivity index (χ3v) is 4.69. The van der Waals surface area contributed by atoms with Gasteiger partial charge in [-0.1, -0.05) is 12.1 Å². The van der Waals surface area contributed by atoms with Crippen molar-refractivity contribution in [3.63, 3.8) is 0 Å². The van der Waals surface area contributed by atoms with E-state index in [2.05, 4.69) is 44.7 Å². The van der Waals surface area contributed by atoms with E-state index < -0.39 is 5.97 Å². The molecule has 2 rings (SSSR count). The van der Waals surface area contributed by atoms with Gasteiger partial charge in [-0.3, -0.25) is 9.69 Å². The first-order valence-electron chi connectivity index (χ1n) is 7.42. The van der Waals surface area contributed by atoms with Crippen LogP contribution in [-0.4, -0.2) is 28.6 Å². The Labute approximate surface area is 121 Å². The van der Waals surface area contributed by atoms with Crippen molar-refractivity contribution in [3.05, 3.63) is 34.4 Å². The molecule has 0 bridgehead atoms. The van der Waals surface area contributed by atoms with Crippen LogP contribution in [-0.2, 0) is 11.3 Å². The average molecular weight is 275 g/mol. The molecule has 0 spiro atoms. The fraction of sp³-hybridized carbons (Fsp3) is 0.588. The minimum atomic E-state index is -0.654. The number of carbonyl (C=O) groups is 1. The van der Waals surface area contributed by atoms with Crippen molar-refractivity contribution in [2.75, 3.05) is 6.54 Å². The summed E-state index contributed by atoms with van der Waals surface area (Å²) in [6, 6.07) is 4.95. The third-order valence-electron chi connectivity index (χ3n) is 4.69. The lowest BCUT2D eigenvalue weighted by atomic mass is 9.92. The highest BCUT2D eigenvalue weighted by atomic mass is 16.4. The Morgan fingerprint density at radius 3 is 2.50 bits per heavy atom. The van der Waals surface area contributed by atoms with Crippen LogP contribution >= 0.6 is 0 Å². The first-order valence-corrected chi connectivity index (χ1v) is 7.42. The zero-order chi connectivity index (χ0) is 14.9. The number of likely N-dealkylation sites (tertiary alicyclic amines) is 1. The topological polar surface area (TPSA) is 40.5 Å². The van der Waals surface area contributed by atoms with E-state index in [1.165, 1.54) is 22.3 Å². The van der Waals surface area contributed by atoms with Gasteiger partial charge in [-0.2, -0.15) is 0 Å². The van der Waals surface area contributed by atoms with E-state index in [1.54, 1.807) is 0 Å². The SMILES string of the molecule is Cc1cc(C)c(CN2CC(C(=O)O)CCC2C)cc1C. The smallest absolute Gasteiger partial charge is 0.307 e. The first-order chi connectivity index (χ1) is 9.38. The Morgan fingerprint density at radius 1 is 1.20 bits per heavy atom. The van der Waals surface area contributed by atoms with Gasteiger partial charge in [0.05, 0.1) is 5.92 Å². The maximum Gasteiger partial charge on any atom is 0.307 e. The minimum Gasteiger partial charge on any atom is -0.481 e. The van der Waals surface area contributed by atoms with Crippen LogP contribution in [0.25, 0.3) is 0 Å². The highest BCUT2D eigenvalue weighted by Crippen LogP contribution is 2.25. The zero-order valence-electron chi connectivity index (χ0n) is 12.9. The number of piperidine rings is 1. The molecule has 110 valence electrons. The van der Waals surface area contributed by atoms with E-state index in [9.17, 15) is 9.90 Å². The summed E-state index contributed by atoms with van der Waals surface area (Å²) >= 11 is 0. The van der Waals surface area contributed by atoms with Crippen molar-refractivity contribution in [1.29, 1.82) is 0 Å². The minimum absolute atomic E-state index is 0.210. The van der Waals surface area contributed by atoms with Gasteiger partial charge in [0.1, 0.15) is 0 Å². The van der Waals surface area contributed by atoms with Crippen LogP contribution in [0.3, 0.4) is 0 Å². The number of aryl methyl sites for hydroxylation is 3. The van der Waals surface area contributed by atoms with Crippen LogP contribution in [0.2, 0.25) is 0 Å². The molecular weight excluding hydrogens is 250 g/mol. The van der Waals surface area contributed by atoms with Crippen LogP contribution in [0.4, 0.5) is 0 Å². The fourth-order valence-corrected chi connectivity index (χ4v) is 3.01. The molecule has 1 saturated heterocycles. The van der Waals surface area contributed by atoms with Gasteiger partial charge in [0, 0.05) is 19.1 Å². The third kappa shape index (κ3) is 3.21. The molecule has 1 heterocycles. The van der Waals surface area contributed by atoms with Crippen LogP contribution in [0.1, 0.15) is 42.0 Å². The first kappa shape index (κ1) is 15.0. The van der Waals surface area contributed by atoms with Crippen LogP contribution in [0.15, 0.2) is 12.1 Å². The highest BCUT2D eigenvalue weighted by Gasteiger charge is 2.29. The van der Waals surface area contributed by atoms with Crippen molar-refractivity contribution in [3.8, 4) is 0 Å². The Hall–Kier alpha value is -1.35. The van der Waals surface area contributed by atoms with E-state index >= 15 is 0 Å². The normalized spacial score (nSPS) is 23.8. The van der Waals surface area contributed by atoms with Gasteiger partial charge in [-0.05, 0) is 62.8 Å². The van der Waals surface area contributed by atoms with Gasteiger partial charge in [-0.25, -0.2) is 0 Å². The molecule has 1 fully saturated rings. The van der Waals surface area contributed by atoms with E-state index in [-0.39, 0.29) is 5.92 Å². The largest absolute Gasteiger partial charge is 0.481 e. The Kier molecular flexibility index (Phi) is 4.48. The van der Waals surface area contributed by atoms with Crippen molar-refractivity contribution in [2.45, 2.75) is 53.1 Å². The molecule has 1 aromatic carbocycles. The van der Waals surface area contributed by atoms with Gasteiger partial charge in [0.15, 0.2) is 0 Å². The zero-order valence-corrected chi connectivity index (χ0v) is 12.9. The molecule has 0 radical (unpaired) electrons. The standard InChI is InChI=1S/C17H25NO2/c1-11-7-13(3)16(8-12(11)2)10-18-9-15(17(19)20)6-5-14(18)4/h7-8,14-15H,5-6,9-10H2,1-4H3,(H,19,20). The maximum absolute atomic E-state index is 11.2. The van der Waals surface area contributed by atoms with Crippen LogP contribution in [0.5, 0.6) is 0 Å². The molecule has 1 aromatic rings. The number of nitrogens with zero attached hydrogens (tertiary/aromatic N) is 1. The molecule has 3 nitrogen and oxygen atoms in total. The molecule has 0 saturated carbocycles.